The monoisotopic (exact) mass is 484 g/mol. The van der Waals surface area contributed by atoms with Gasteiger partial charge in [0.2, 0.25) is 0 Å². The maximum Gasteiger partial charge on any atom is 0.742 e. The van der Waals surface area contributed by atoms with E-state index in [2.05, 4.69) is 9.97 Å². The number of fused-ring (bicyclic) bond motifs is 2. The van der Waals surface area contributed by atoms with Crippen LogP contribution in [-0.2, 0) is 0 Å². The minimum Gasteiger partial charge on any atom is -0.497 e. The van der Waals surface area contributed by atoms with Gasteiger partial charge < -0.3 is 27.3 Å². The number of hydrogen-bond donors (Lipinski definition) is 0. The number of allylic oxidation sites excluding steroid dienone is 1. The highest BCUT2D eigenvalue weighted by atomic mass is 19.2. The molecule has 7 nitrogen and oxygen atoms in total. The van der Waals surface area contributed by atoms with Crippen molar-refractivity contribution >= 4 is 18.4 Å². The molecule has 3 aromatic heterocycles. The Morgan fingerprint density at radius 2 is 1.50 bits per heavy atom. The van der Waals surface area contributed by atoms with E-state index < -0.39 is 6.97 Å². The van der Waals surface area contributed by atoms with Gasteiger partial charge >= 0.3 is 12.9 Å². The van der Waals surface area contributed by atoms with Crippen molar-refractivity contribution in [2.75, 3.05) is 7.11 Å². The third-order valence-electron chi connectivity index (χ3n) is 5.99. The Hall–Kier alpha value is -4.73. The van der Waals surface area contributed by atoms with Gasteiger partial charge in [-0.05, 0) is 54.1 Å². The number of ether oxygens (including phenoxy) is 3. The number of halogens is 2. The molecule has 0 radical (unpaired) electrons. The van der Waals surface area contributed by atoms with Gasteiger partial charge in [-0.2, -0.15) is 0 Å². The zero-order valence-corrected chi connectivity index (χ0v) is 19.1. The van der Waals surface area contributed by atoms with Crippen LogP contribution in [0.1, 0.15) is 11.3 Å². The van der Waals surface area contributed by atoms with Gasteiger partial charge in [0.05, 0.1) is 31.2 Å². The second kappa shape index (κ2) is 8.49. The quantitative estimate of drug-likeness (QED) is 0.368. The van der Waals surface area contributed by atoms with Crippen LogP contribution in [0.3, 0.4) is 0 Å². The maximum atomic E-state index is 16.4. The van der Waals surface area contributed by atoms with Crippen LogP contribution in [0.2, 0.25) is 0 Å². The van der Waals surface area contributed by atoms with Gasteiger partial charge in [-0.3, -0.25) is 14.5 Å². The number of pyridine rings is 2. The van der Waals surface area contributed by atoms with Crippen molar-refractivity contribution in [1.82, 2.24) is 14.4 Å². The van der Waals surface area contributed by atoms with Gasteiger partial charge in [0.15, 0.2) is 17.3 Å². The van der Waals surface area contributed by atoms with Crippen LogP contribution < -0.4 is 14.2 Å². The Morgan fingerprint density at radius 1 is 0.806 bits per heavy atom. The lowest BCUT2D eigenvalue weighted by Gasteiger charge is -2.32. The summed E-state index contributed by atoms with van der Waals surface area (Å²) in [5.74, 6) is 1.33. The molecule has 178 valence electrons. The number of benzene rings is 1. The summed E-state index contributed by atoms with van der Waals surface area (Å²) in [6.45, 7) is -4.39. The van der Waals surface area contributed by atoms with Gasteiger partial charge in [0.1, 0.15) is 11.5 Å². The number of rotatable bonds is 5. The fourth-order valence-corrected chi connectivity index (χ4v) is 4.43. The molecule has 10 heteroatoms. The molecule has 5 heterocycles. The summed E-state index contributed by atoms with van der Waals surface area (Å²) in [5.41, 5.74) is 1.99. The van der Waals surface area contributed by atoms with Crippen molar-refractivity contribution in [2.45, 2.75) is 0 Å². The van der Waals surface area contributed by atoms with E-state index in [1.165, 1.54) is 24.5 Å². The summed E-state index contributed by atoms with van der Waals surface area (Å²) >= 11 is 0. The van der Waals surface area contributed by atoms with Gasteiger partial charge in [0, 0.05) is 24.2 Å². The van der Waals surface area contributed by atoms with E-state index in [-0.39, 0.29) is 11.8 Å². The van der Waals surface area contributed by atoms with Gasteiger partial charge in [-0.1, -0.05) is 12.1 Å². The molecule has 0 fully saturated rings. The minimum atomic E-state index is -4.39. The predicted molar refractivity (Wildman–Crippen MR) is 130 cm³/mol. The van der Waals surface area contributed by atoms with Crippen LogP contribution in [0.5, 0.6) is 23.1 Å². The molecule has 6 rings (SSSR count). The fraction of sp³-hybridized carbons (Fsp3) is 0.0385. The first-order chi connectivity index (χ1) is 17.6. The van der Waals surface area contributed by atoms with E-state index >= 15 is 8.63 Å². The molecule has 1 aromatic carbocycles. The number of hydrogen-bond acceptors (Lipinski definition) is 5. The largest absolute Gasteiger partial charge is 0.742 e. The molecule has 0 saturated heterocycles. The summed E-state index contributed by atoms with van der Waals surface area (Å²) in [4.78, 5) is 8.03. The molecular formula is C26H19BF2N4O3. The topological polar surface area (TPSA) is 61.4 Å². The highest BCUT2D eigenvalue weighted by Crippen LogP contribution is 2.43. The van der Waals surface area contributed by atoms with E-state index in [0.717, 1.165) is 14.5 Å². The third-order valence-corrected chi connectivity index (χ3v) is 5.99. The molecule has 0 N–H and O–H groups in total. The first-order valence-corrected chi connectivity index (χ1v) is 11.2. The Morgan fingerprint density at radius 3 is 2.14 bits per heavy atom. The van der Waals surface area contributed by atoms with Crippen LogP contribution in [-0.4, -0.2) is 38.9 Å². The zero-order valence-electron chi connectivity index (χ0n) is 19.1. The van der Waals surface area contributed by atoms with Crippen molar-refractivity contribution in [3.63, 3.8) is 0 Å². The van der Waals surface area contributed by atoms with Crippen LogP contribution >= 0.6 is 0 Å². The van der Waals surface area contributed by atoms with E-state index in [1.807, 2.05) is 12.1 Å². The van der Waals surface area contributed by atoms with Gasteiger partial charge in [-0.25, -0.2) is 0 Å². The molecule has 0 unspecified atom stereocenters. The highest BCUT2D eigenvalue weighted by molar-refractivity contribution is 6.58. The van der Waals surface area contributed by atoms with Crippen LogP contribution in [0.15, 0.2) is 103 Å². The van der Waals surface area contributed by atoms with Crippen molar-refractivity contribution in [1.29, 1.82) is 0 Å². The molecule has 36 heavy (non-hydrogen) atoms. The Labute approximate surface area is 205 Å². The second-order valence-electron chi connectivity index (χ2n) is 8.13. The van der Waals surface area contributed by atoms with E-state index in [0.29, 0.717) is 34.2 Å². The highest BCUT2D eigenvalue weighted by Gasteiger charge is 2.56. The number of aromatic nitrogens is 3. The van der Waals surface area contributed by atoms with Crippen LogP contribution in [0, 0.1) is 0 Å². The predicted octanol–water partition coefficient (Wildman–Crippen LogP) is 5.13. The standard InChI is InChI=1S/C26H19BF2N4O3/c1-34-19-8-6-18(7-9-19)26-22-10-12-24(35-20-4-2-14-30-16-20)32(22)27(28,29)33-23(26)11-13-25(33)36-21-5-3-15-31-17-21/h2-17H,1H3. The van der Waals surface area contributed by atoms with Crippen LogP contribution in [0.4, 0.5) is 8.63 Å². The van der Waals surface area contributed by atoms with Gasteiger partial charge in [0.25, 0.3) is 0 Å². The summed E-state index contributed by atoms with van der Waals surface area (Å²) < 4.78 is 51.6. The van der Waals surface area contributed by atoms with Crippen LogP contribution in [0.25, 0.3) is 5.57 Å². The van der Waals surface area contributed by atoms with Crippen molar-refractivity contribution in [3.8, 4) is 23.1 Å². The minimum absolute atomic E-state index is 0.0133. The lowest BCUT2D eigenvalue weighted by molar-refractivity contribution is -0.370. The van der Waals surface area contributed by atoms with E-state index in [4.69, 9.17) is 14.2 Å². The Kier molecular flexibility index (Phi) is 5.14. The Balaban J connectivity index is 1.56. The fourth-order valence-electron chi connectivity index (χ4n) is 4.43. The molecular weight excluding hydrogens is 465 g/mol. The molecule has 0 aliphatic carbocycles. The lowest BCUT2D eigenvalue weighted by atomic mass is 9.86. The molecule has 0 spiro atoms. The molecule has 2 aliphatic heterocycles. The first-order valence-electron chi connectivity index (χ1n) is 11.2. The SMILES string of the molecule is COc1ccc(C2=C3C=CC(Oc4cccnc4)=[N+]3[B-](F)(F)n3c(Oc4cccnc4)ccc32)cc1. The molecule has 0 bridgehead atoms. The summed E-state index contributed by atoms with van der Waals surface area (Å²) in [6.07, 6.45) is 9.29. The van der Waals surface area contributed by atoms with Crippen molar-refractivity contribution in [3.05, 3.63) is 115 Å². The van der Waals surface area contributed by atoms with E-state index in [9.17, 15) is 0 Å². The summed E-state index contributed by atoms with van der Waals surface area (Å²) in [7, 11) is 1.58. The molecule has 4 aromatic rings. The first kappa shape index (κ1) is 21.8. The average Bonchev–Trinajstić information content (AvgIpc) is 3.52. The van der Waals surface area contributed by atoms with E-state index in [1.54, 1.807) is 68.0 Å². The summed E-state index contributed by atoms with van der Waals surface area (Å²) in [5, 5.41) is 0. The molecule has 0 saturated carbocycles. The third kappa shape index (κ3) is 3.54. The summed E-state index contributed by atoms with van der Waals surface area (Å²) in [6, 6.07) is 17.1. The smallest absolute Gasteiger partial charge is 0.497 e. The lowest BCUT2D eigenvalue weighted by Crippen LogP contribution is -2.51. The molecule has 0 atom stereocenters. The number of methoxy groups -OCH3 is 1. The average molecular weight is 484 g/mol. The normalized spacial score (nSPS) is 15.5. The Bertz CT molecular complexity index is 1530. The van der Waals surface area contributed by atoms with Gasteiger partial charge in [-0.15, -0.1) is 0 Å². The van der Waals surface area contributed by atoms with Crippen molar-refractivity contribution in [2.24, 2.45) is 0 Å². The zero-order chi connectivity index (χ0) is 24.7. The second-order valence-corrected chi connectivity index (χ2v) is 8.13. The molecule has 2 aliphatic rings. The molecule has 0 amide bonds. The number of nitrogens with zero attached hydrogens (tertiary/aromatic N) is 4. The van der Waals surface area contributed by atoms with Crippen molar-refractivity contribution < 1.29 is 27.3 Å². The maximum absolute atomic E-state index is 16.4.